The van der Waals surface area contributed by atoms with Crippen molar-refractivity contribution in [3.05, 3.63) is 75.5 Å². The maximum absolute atomic E-state index is 14.9. The number of piperidine rings is 2. The SMILES string of the molecule is CCC[C@H]1N(C(=O)c2ncccc2C(F)(F)F)CCC[C@@]1(Oc1csc(C(F)(F)F)c1)C(=O)N1CCC(C#N)(c2cc(F)ccc2OCCCCC(=O)O)CC1. The van der Waals surface area contributed by atoms with E-state index >= 15 is 0 Å². The molecule has 1 N–H and O–H groups in total. The van der Waals surface area contributed by atoms with Crippen LogP contribution >= 0.6 is 11.3 Å². The van der Waals surface area contributed by atoms with Crippen molar-refractivity contribution in [2.24, 2.45) is 0 Å². The molecule has 0 radical (unpaired) electrons. The summed E-state index contributed by atoms with van der Waals surface area (Å²) in [6.07, 6.45) is -7.84. The van der Waals surface area contributed by atoms with E-state index in [0.717, 1.165) is 34.7 Å². The molecule has 2 fully saturated rings. The number of nitriles is 1. The number of halogens is 7. The van der Waals surface area contributed by atoms with Crippen LogP contribution in [-0.4, -0.2) is 75.6 Å². The number of aliphatic carboxylic acids is 1. The number of pyridine rings is 1. The topological polar surface area (TPSA) is 133 Å². The fourth-order valence-electron chi connectivity index (χ4n) is 7.44. The van der Waals surface area contributed by atoms with Gasteiger partial charge in [0.2, 0.25) is 5.60 Å². The molecule has 0 bridgehead atoms. The zero-order valence-electron chi connectivity index (χ0n) is 30.2. The molecular weight excluding hydrogens is 773 g/mol. The molecule has 302 valence electrons. The first-order valence-electron chi connectivity index (χ1n) is 18.0. The summed E-state index contributed by atoms with van der Waals surface area (Å²) in [6, 6.07) is 7.18. The number of likely N-dealkylation sites (tertiary alicyclic amines) is 2. The molecule has 3 aromatic rings. The molecule has 0 spiro atoms. The highest BCUT2D eigenvalue weighted by Crippen LogP contribution is 2.45. The van der Waals surface area contributed by atoms with Gasteiger partial charge in [-0.2, -0.15) is 31.6 Å². The van der Waals surface area contributed by atoms with Gasteiger partial charge in [-0.05, 0) is 68.9 Å². The lowest BCUT2D eigenvalue weighted by molar-refractivity contribution is -0.160. The molecule has 18 heteroatoms. The van der Waals surface area contributed by atoms with Crippen LogP contribution in [0.4, 0.5) is 30.7 Å². The third-order valence-corrected chi connectivity index (χ3v) is 11.1. The average molecular weight is 813 g/mol. The lowest BCUT2D eigenvalue weighted by Gasteiger charge is -2.51. The third-order valence-electron chi connectivity index (χ3n) is 10.1. The van der Waals surface area contributed by atoms with E-state index in [0.29, 0.717) is 36.7 Å². The van der Waals surface area contributed by atoms with Crippen LogP contribution in [0, 0.1) is 17.1 Å². The van der Waals surface area contributed by atoms with Crippen LogP contribution in [0.5, 0.6) is 11.5 Å². The number of carboxylic acid groups (broad SMARTS) is 1. The van der Waals surface area contributed by atoms with Gasteiger partial charge in [0.15, 0.2) is 0 Å². The molecule has 56 heavy (non-hydrogen) atoms. The Morgan fingerprint density at radius 1 is 1.04 bits per heavy atom. The van der Waals surface area contributed by atoms with Crippen LogP contribution in [0.1, 0.15) is 91.2 Å². The first-order chi connectivity index (χ1) is 26.5. The van der Waals surface area contributed by atoms with Gasteiger partial charge >= 0.3 is 18.3 Å². The Balaban J connectivity index is 1.49. The van der Waals surface area contributed by atoms with Crippen molar-refractivity contribution in [3.8, 4) is 17.6 Å². The highest BCUT2D eigenvalue weighted by Gasteiger charge is 2.57. The maximum atomic E-state index is 14.9. The molecule has 4 heterocycles. The van der Waals surface area contributed by atoms with Crippen molar-refractivity contribution in [2.75, 3.05) is 26.2 Å². The summed E-state index contributed by atoms with van der Waals surface area (Å²) in [4.78, 5) is 45.1. The number of carbonyl (C=O) groups excluding carboxylic acids is 2. The van der Waals surface area contributed by atoms with E-state index in [4.69, 9.17) is 14.6 Å². The summed E-state index contributed by atoms with van der Waals surface area (Å²) in [7, 11) is 0. The zero-order chi connectivity index (χ0) is 40.9. The second-order valence-electron chi connectivity index (χ2n) is 13.8. The lowest BCUT2D eigenvalue weighted by Crippen LogP contribution is -2.68. The van der Waals surface area contributed by atoms with Gasteiger partial charge in [-0.3, -0.25) is 19.4 Å². The first-order valence-corrected chi connectivity index (χ1v) is 18.9. The highest BCUT2D eigenvalue weighted by molar-refractivity contribution is 7.10. The molecular formula is C38H39F7N4O6S. The van der Waals surface area contributed by atoms with Gasteiger partial charge in [0, 0.05) is 55.7 Å². The Bertz CT molecular complexity index is 1940. The fraction of sp³-hybridized carbons (Fsp3) is 0.500. The van der Waals surface area contributed by atoms with Crippen molar-refractivity contribution < 1.29 is 59.7 Å². The quantitative estimate of drug-likeness (QED) is 0.135. The first kappa shape index (κ1) is 42.2. The number of carboxylic acids is 1. The van der Waals surface area contributed by atoms with Crippen molar-refractivity contribution >= 4 is 29.1 Å². The van der Waals surface area contributed by atoms with E-state index in [-0.39, 0.29) is 81.8 Å². The van der Waals surface area contributed by atoms with Crippen molar-refractivity contribution in [3.63, 3.8) is 0 Å². The number of ether oxygens (including phenoxy) is 2. The van der Waals surface area contributed by atoms with Gasteiger partial charge in [0.05, 0.1) is 29.7 Å². The second-order valence-corrected chi connectivity index (χ2v) is 14.7. The molecule has 10 nitrogen and oxygen atoms in total. The van der Waals surface area contributed by atoms with Crippen molar-refractivity contribution in [1.82, 2.24) is 14.8 Å². The molecule has 2 aliphatic rings. The number of unbranched alkanes of at least 4 members (excludes halogenated alkanes) is 1. The Labute approximate surface area is 321 Å². The number of benzene rings is 1. The third kappa shape index (κ3) is 9.03. The number of carbonyl (C=O) groups is 3. The lowest BCUT2D eigenvalue weighted by atomic mass is 9.72. The minimum absolute atomic E-state index is 0.0222. The smallest absolute Gasteiger partial charge is 0.425 e. The fourth-order valence-corrected chi connectivity index (χ4v) is 8.12. The molecule has 0 saturated carbocycles. The number of aromatic nitrogens is 1. The van der Waals surface area contributed by atoms with E-state index in [2.05, 4.69) is 11.1 Å². The second kappa shape index (κ2) is 17.1. The summed E-state index contributed by atoms with van der Waals surface area (Å²) in [5, 5.41) is 20.5. The Kier molecular flexibility index (Phi) is 12.9. The maximum Gasteiger partial charge on any atom is 0.425 e. The average Bonchev–Trinajstić information content (AvgIpc) is 3.64. The standard InChI is InChI=1S/C38H39F7N4O6S/c1-2-7-29-36(55-25-21-30(56-22-25)38(43,44)45,12-6-16-49(29)33(52)32-26(37(40,41)42)8-5-15-47-32)34(53)48-17-13-35(23-46,14-18-48)27-20-24(39)10-11-28(27)54-19-4-3-9-31(50)51/h5,8,10-11,15,20-22,29H,2-4,6-7,9,12-14,16-19H2,1H3,(H,50,51)/t29-,36+/m1/s1. The predicted molar refractivity (Wildman–Crippen MR) is 187 cm³/mol. The van der Waals surface area contributed by atoms with E-state index in [9.17, 15) is 50.4 Å². The van der Waals surface area contributed by atoms with Gasteiger partial charge < -0.3 is 24.4 Å². The van der Waals surface area contributed by atoms with Gasteiger partial charge in [-0.15, -0.1) is 11.3 Å². The predicted octanol–water partition coefficient (Wildman–Crippen LogP) is 8.26. The molecule has 2 atom stereocenters. The molecule has 2 aliphatic heterocycles. The van der Waals surface area contributed by atoms with Crippen molar-refractivity contribution in [1.29, 1.82) is 5.26 Å². The van der Waals surface area contributed by atoms with E-state index < -0.39 is 69.1 Å². The monoisotopic (exact) mass is 812 g/mol. The molecule has 1 aromatic carbocycles. The van der Waals surface area contributed by atoms with Crippen LogP contribution in [0.2, 0.25) is 0 Å². The minimum atomic E-state index is -4.95. The van der Waals surface area contributed by atoms with Gasteiger partial charge in [-0.25, -0.2) is 4.39 Å². The Hall–Kier alpha value is -4.92. The van der Waals surface area contributed by atoms with E-state index in [1.54, 1.807) is 6.92 Å². The Morgan fingerprint density at radius 2 is 1.77 bits per heavy atom. The van der Waals surface area contributed by atoms with Gasteiger partial charge in [-0.1, -0.05) is 13.3 Å². The summed E-state index contributed by atoms with van der Waals surface area (Å²) >= 11 is 0.331. The molecule has 0 unspecified atom stereocenters. The van der Waals surface area contributed by atoms with Gasteiger partial charge in [0.25, 0.3) is 11.8 Å². The molecule has 2 aromatic heterocycles. The number of hydrogen-bond donors (Lipinski definition) is 1. The summed E-state index contributed by atoms with van der Waals surface area (Å²) in [6.45, 7) is 1.48. The van der Waals surface area contributed by atoms with Crippen LogP contribution < -0.4 is 9.47 Å². The largest absolute Gasteiger partial charge is 0.493 e. The van der Waals surface area contributed by atoms with Crippen LogP contribution in [0.15, 0.2) is 48.0 Å². The zero-order valence-corrected chi connectivity index (χ0v) is 31.0. The normalized spacial score (nSPS) is 19.9. The van der Waals surface area contributed by atoms with Crippen LogP contribution in [0.25, 0.3) is 0 Å². The number of alkyl halides is 6. The number of hydrogen-bond acceptors (Lipinski definition) is 8. The molecule has 2 amide bonds. The summed E-state index contributed by atoms with van der Waals surface area (Å²) < 4.78 is 110. The molecule has 0 aliphatic carbocycles. The summed E-state index contributed by atoms with van der Waals surface area (Å²) in [5.74, 6) is -3.58. The number of rotatable bonds is 13. The minimum Gasteiger partial charge on any atom is -0.493 e. The molecule has 5 rings (SSSR count). The van der Waals surface area contributed by atoms with E-state index in [1.165, 1.54) is 17.0 Å². The number of amides is 2. The van der Waals surface area contributed by atoms with E-state index in [1.807, 2.05) is 0 Å². The van der Waals surface area contributed by atoms with Crippen LogP contribution in [-0.2, 0) is 27.4 Å². The number of thiophene rings is 1. The number of nitrogens with zero attached hydrogens (tertiary/aromatic N) is 4. The summed E-state index contributed by atoms with van der Waals surface area (Å²) in [5.41, 5.74) is -5.38. The van der Waals surface area contributed by atoms with Crippen molar-refractivity contribution in [2.45, 2.75) is 94.1 Å². The van der Waals surface area contributed by atoms with Gasteiger partial charge in [0.1, 0.15) is 27.9 Å². The molecule has 2 saturated heterocycles. The van der Waals surface area contributed by atoms with Crippen LogP contribution in [0.3, 0.4) is 0 Å². The highest BCUT2D eigenvalue weighted by atomic mass is 32.1. The Morgan fingerprint density at radius 3 is 2.39 bits per heavy atom.